The van der Waals surface area contributed by atoms with Crippen LogP contribution in [0.15, 0.2) is 0 Å². The summed E-state index contributed by atoms with van der Waals surface area (Å²) in [5.41, 5.74) is -0.375. The Morgan fingerprint density at radius 1 is 0.556 bits per heavy atom. The lowest BCUT2D eigenvalue weighted by molar-refractivity contribution is -0.162. The van der Waals surface area contributed by atoms with Crippen LogP contribution in [-0.2, 0) is 42.8 Å². The van der Waals surface area contributed by atoms with Gasteiger partial charge < -0.3 is 28.4 Å². The third-order valence-electron chi connectivity index (χ3n) is 7.39. The molecule has 1 unspecified atom stereocenters. The third kappa shape index (κ3) is 30.7. The van der Waals surface area contributed by atoms with Crippen molar-refractivity contribution in [2.45, 2.75) is 169 Å². The Morgan fingerprint density at radius 3 is 1.49 bits per heavy atom. The van der Waals surface area contributed by atoms with Gasteiger partial charge in [0.15, 0.2) is 6.29 Å². The molecule has 0 saturated carbocycles. The van der Waals surface area contributed by atoms with Crippen molar-refractivity contribution in [3.63, 3.8) is 0 Å². The molecule has 0 fully saturated rings. The van der Waals surface area contributed by atoms with Crippen molar-refractivity contribution in [1.82, 2.24) is 0 Å². The quantitative estimate of drug-likeness (QED) is 0.0318. The van der Waals surface area contributed by atoms with E-state index in [9.17, 15) is 14.4 Å². The molecule has 0 bridgehead atoms. The Bertz CT molecular complexity index is 702. The van der Waals surface area contributed by atoms with Crippen LogP contribution in [0.25, 0.3) is 0 Å². The lowest BCUT2D eigenvalue weighted by Crippen LogP contribution is -2.30. The maximum absolute atomic E-state index is 12.7. The topological polar surface area (TPSA) is 107 Å². The summed E-state index contributed by atoms with van der Waals surface area (Å²) in [4.78, 5) is 36.2. The lowest BCUT2D eigenvalue weighted by Gasteiger charge is -2.24. The molecule has 0 radical (unpaired) electrons. The molecule has 0 aliphatic rings. The number of unbranched alkanes of at least 4 members (excludes halogenated alkanes) is 12. The summed E-state index contributed by atoms with van der Waals surface area (Å²) in [5.74, 6) is -1.16. The largest absolute Gasteiger partial charge is 0.469 e. The number of rotatable bonds is 31. The van der Waals surface area contributed by atoms with Gasteiger partial charge in [0.05, 0.1) is 44.9 Å². The fraction of sp³-hybridized carbons (Fsp3) is 0.917. The molecular formula is C36H68O9. The summed E-state index contributed by atoms with van der Waals surface area (Å²) < 4.78 is 33.7. The van der Waals surface area contributed by atoms with Crippen molar-refractivity contribution in [3.05, 3.63) is 0 Å². The monoisotopic (exact) mass is 644 g/mol. The second-order valence-electron chi connectivity index (χ2n) is 13.0. The Balaban J connectivity index is 4.66. The van der Waals surface area contributed by atoms with Gasteiger partial charge in [-0.15, -0.1) is 0 Å². The van der Waals surface area contributed by atoms with E-state index in [-0.39, 0.29) is 55.5 Å². The van der Waals surface area contributed by atoms with Crippen LogP contribution in [0.5, 0.6) is 0 Å². The van der Waals surface area contributed by atoms with Crippen molar-refractivity contribution >= 4 is 17.9 Å². The molecule has 0 amide bonds. The first kappa shape index (κ1) is 43.3. The fourth-order valence-corrected chi connectivity index (χ4v) is 4.54. The molecule has 0 aromatic heterocycles. The summed E-state index contributed by atoms with van der Waals surface area (Å²) in [6.07, 6.45) is 17.1. The van der Waals surface area contributed by atoms with Gasteiger partial charge in [-0.05, 0) is 46.5 Å². The van der Waals surface area contributed by atoms with Gasteiger partial charge in [-0.3, -0.25) is 14.4 Å². The minimum atomic E-state index is -0.419. The number of carbonyl (C=O) groups excluding carboxylic acids is 3. The smallest absolute Gasteiger partial charge is 0.305 e. The van der Waals surface area contributed by atoms with Crippen LogP contribution in [-0.4, -0.2) is 69.9 Å². The highest BCUT2D eigenvalue weighted by Gasteiger charge is 2.20. The van der Waals surface area contributed by atoms with Gasteiger partial charge >= 0.3 is 17.9 Å². The summed E-state index contributed by atoms with van der Waals surface area (Å²) >= 11 is 0. The maximum atomic E-state index is 12.7. The van der Waals surface area contributed by atoms with Crippen LogP contribution in [0.3, 0.4) is 0 Å². The van der Waals surface area contributed by atoms with Crippen molar-refractivity contribution in [1.29, 1.82) is 0 Å². The van der Waals surface area contributed by atoms with E-state index in [0.29, 0.717) is 45.5 Å². The van der Waals surface area contributed by atoms with Gasteiger partial charge in [-0.25, -0.2) is 0 Å². The zero-order valence-corrected chi connectivity index (χ0v) is 29.8. The van der Waals surface area contributed by atoms with Crippen molar-refractivity contribution in [2.75, 3.05) is 40.1 Å². The van der Waals surface area contributed by atoms with Gasteiger partial charge in [0.1, 0.15) is 0 Å². The van der Waals surface area contributed by atoms with E-state index >= 15 is 0 Å². The highest BCUT2D eigenvalue weighted by molar-refractivity contribution is 5.70. The zero-order chi connectivity index (χ0) is 33.6. The zero-order valence-electron chi connectivity index (χ0n) is 29.8. The van der Waals surface area contributed by atoms with E-state index in [4.69, 9.17) is 23.7 Å². The Hall–Kier alpha value is -1.71. The van der Waals surface area contributed by atoms with Crippen LogP contribution in [0.1, 0.15) is 157 Å². The number of carbonyl (C=O) groups is 3. The second-order valence-corrected chi connectivity index (χ2v) is 13.0. The highest BCUT2D eigenvalue weighted by atomic mass is 16.7. The molecule has 0 heterocycles. The van der Waals surface area contributed by atoms with Gasteiger partial charge in [0.25, 0.3) is 0 Å². The molecule has 0 aliphatic heterocycles. The first-order valence-electron chi connectivity index (χ1n) is 17.9. The molecular weight excluding hydrogens is 576 g/mol. The van der Waals surface area contributed by atoms with Crippen molar-refractivity contribution in [2.24, 2.45) is 5.92 Å². The number of methoxy groups -OCH3 is 1. The summed E-state index contributed by atoms with van der Waals surface area (Å²) in [5, 5.41) is 0. The van der Waals surface area contributed by atoms with Crippen LogP contribution < -0.4 is 0 Å². The number of hydrogen-bond donors (Lipinski definition) is 0. The summed E-state index contributed by atoms with van der Waals surface area (Å²) in [6.45, 7) is 12.1. The average Bonchev–Trinajstić information content (AvgIpc) is 3.00. The molecule has 0 spiro atoms. The molecule has 45 heavy (non-hydrogen) atoms. The molecule has 9 nitrogen and oxygen atoms in total. The van der Waals surface area contributed by atoms with E-state index < -0.39 is 6.29 Å². The molecule has 266 valence electrons. The summed E-state index contributed by atoms with van der Waals surface area (Å²) in [7, 11) is 1.37. The van der Waals surface area contributed by atoms with E-state index in [2.05, 4.69) is 18.6 Å². The number of esters is 3. The highest BCUT2D eigenvalue weighted by Crippen LogP contribution is 2.14. The van der Waals surface area contributed by atoms with Crippen LogP contribution in [0, 0.1) is 5.92 Å². The predicted molar refractivity (Wildman–Crippen MR) is 178 cm³/mol. The molecule has 0 saturated heterocycles. The molecule has 0 rings (SSSR count). The molecule has 0 aromatic rings. The predicted octanol–water partition coefficient (Wildman–Crippen LogP) is 8.49. The normalized spacial score (nSPS) is 12.3. The van der Waals surface area contributed by atoms with Gasteiger partial charge in [0, 0.05) is 32.5 Å². The van der Waals surface area contributed by atoms with Crippen LogP contribution in [0.4, 0.5) is 0 Å². The van der Waals surface area contributed by atoms with E-state index in [1.165, 1.54) is 58.5 Å². The molecule has 1 atom stereocenters. The van der Waals surface area contributed by atoms with Gasteiger partial charge in [0.2, 0.25) is 0 Å². The lowest BCUT2D eigenvalue weighted by atomic mass is 10.1. The van der Waals surface area contributed by atoms with E-state index in [1.54, 1.807) is 0 Å². The van der Waals surface area contributed by atoms with Crippen LogP contribution >= 0.6 is 0 Å². The number of hydrogen-bond acceptors (Lipinski definition) is 9. The maximum Gasteiger partial charge on any atom is 0.305 e. The Morgan fingerprint density at radius 2 is 1.00 bits per heavy atom. The van der Waals surface area contributed by atoms with Crippen LogP contribution in [0.2, 0.25) is 0 Å². The molecule has 0 aromatic carbocycles. The van der Waals surface area contributed by atoms with Gasteiger partial charge in [-0.1, -0.05) is 84.5 Å². The second kappa shape index (κ2) is 29.7. The Labute approximate surface area is 275 Å². The number of ether oxygens (including phenoxy) is 6. The average molecular weight is 645 g/mol. The van der Waals surface area contributed by atoms with E-state index in [1.807, 2.05) is 20.8 Å². The minimum absolute atomic E-state index is 0.100. The van der Waals surface area contributed by atoms with Crippen molar-refractivity contribution < 1.29 is 42.8 Å². The first-order chi connectivity index (χ1) is 21.6. The van der Waals surface area contributed by atoms with Crippen molar-refractivity contribution in [3.8, 4) is 0 Å². The fourth-order valence-electron chi connectivity index (χ4n) is 4.54. The first-order valence-corrected chi connectivity index (χ1v) is 17.9. The SMILES string of the molecule is CCCCCCCCOC(CCC(=O)OCC(COC(=O)CCCCCC(=O)OC)COC(C)(C)C)OCCCCCCCC. The summed E-state index contributed by atoms with van der Waals surface area (Å²) in [6, 6.07) is 0. The standard InChI is InChI=1S/C36H68O9/c1-7-9-11-13-15-20-26-41-35(42-27-21-16-14-12-10-8-2)25-24-34(39)44-29-31(30-45-36(3,4)5)28-43-33(38)23-19-17-18-22-32(37)40-6/h31,35H,7-30H2,1-6H3. The molecule has 0 N–H and O–H groups in total. The minimum Gasteiger partial charge on any atom is -0.469 e. The molecule has 0 aliphatic carbocycles. The Kier molecular flexibility index (Phi) is 28.5. The molecule has 9 heteroatoms. The van der Waals surface area contributed by atoms with E-state index in [0.717, 1.165) is 32.1 Å². The van der Waals surface area contributed by atoms with Gasteiger partial charge in [-0.2, -0.15) is 0 Å². The third-order valence-corrected chi connectivity index (χ3v) is 7.39.